The van der Waals surface area contributed by atoms with Gasteiger partial charge >= 0.3 is 0 Å². The fraction of sp³-hybridized carbons (Fsp3) is 0.400. The molecule has 0 N–H and O–H groups in total. The molecule has 0 saturated carbocycles. The Bertz CT molecular complexity index is 426. The van der Waals surface area contributed by atoms with Gasteiger partial charge < -0.3 is 4.42 Å². The fourth-order valence-corrected chi connectivity index (χ4v) is 1.38. The summed E-state index contributed by atoms with van der Waals surface area (Å²) in [5.41, 5.74) is 2.74. The maximum absolute atomic E-state index is 5.13. The Kier molecular flexibility index (Phi) is 1.62. The quantitative estimate of drug-likeness (QED) is 0.619. The van der Waals surface area contributed by atoms with Crippen molar-refractivity contribution in [2.24, 2.45) is 0 Å². The topological polar surface area (TPSA) is 38.9 Å². The van der Waals surface area contributed by atoms with Crippen molar-refractivity contribution in [1.29, 1.82) is 0 Å². The van der Waals surface area contributed by atoms with Gasteiger partial charge in [-0.15, -0.1) is 0 Å². The molecule has 0 fully saturated rings. The Morgan fingerprint density at radius 3 is 2.69 bits per heavy atom. The maximum atomic E-state index is 5.13. The second-order valence-corrected chi connectivity index (χ2v) is 4.11. The van der Waals surface area contributed by atoms with Crippen molar-refractivity contribution in [3.8, 4) is 0 Å². The lowest BCUT2D eigenvalue weighted by molar-refractivity contribution is 0.584. The third-order valence-electron chi connectivity index (χ3n) is 2.04. The molecule has 0 saturated heterocycles. The number of hydrogen-bond acceptors (Lipinski definition) is 3. The van der Waals surface area contributed by atoms with Gasteiger partial charge in [-0.25, -0.2) is 9.97 Å². The van der Waals surface area contributed by atoms with E-state index in [2.05, 4.69) is 30.7 Å². The predicted molar refractivity (Wildman–Crippen MR) is 50.5 cm³/mol. The van der Waals surface area contributed by atoms with Crippen LogP contribution in [0.4, 0.5) is 0 Å². The molecule has 13 heavy (non-hydrogen) atoms. The van der Waals surface area contributed by atoms with Gasteiger partial charge in [0.1, 0.15) is 5.52 Å². The number of aromatic nitrogens is 2. The number of oxazole rings is 1. The highest BCUT2D eigenvalue weighted by Crippen LogP contribution is 2.27. The molecule has 3 nitrogen and oxygen atoms in total. The summed E-state index contributed by atoms with van der Waals surface area (Å²) in [7, 11) is 0. The van der Waals surface area contributed by atoms with E-state index in [4.69, 9.17) is 4.42 Å². The number of fused-ring (bicyclic) bond motifs is 1. The van der Waals surface area contributed by atoms with Gasteiger partial charge in [0, 0.05) is 6.20 Å². The number of hydrogen-bond donors (Lipinski definition) is 0. The summed E-state index contributed by atoms with van der Waals surface area (Å²) in [5, 5.41) is 0. The van der Waals surface area contributed by atoms with Crippen LogP contribution in [-0.2, 0) is 5.41 Å². The molecule has 0 radical (unpaired) electrons. The summed E-state index contributed by atoms with van der Waals surface area (Å²) >= 11 is 0. The smallest absolute Gasteiger partial charge is 0.246 e. The Morgan fingerprint density at radius 1 is 1.23 bits per heavy atom. The van der Waals surface area contributed by atoms with E-state index in [9.17, 15) is 0 Å². The largest absolute Gasteiger partial charge is 0.425 e. The van der Waals surface area contributed by atoms with Crippen LogP contribution in [0, 0.1) is 0 Å². The molecule has 0 spiro atoms. The lowest BCUT2D eigenvalue weighted by atomic mass is 9.87. The lowest BCUT2D eigenvalue weighted by Gasteiger charge is -2.18. The van der Waals surface area contributed by atoms with Crippen LogP contribution in [0.15, 0.2) is 23.1 Å². The second-order valence-electron chi connectivity index (χ2n) is 4.11. The van der Waals surface area contributed by atoms with E-state index in [0.29, 0.717) is 5.71 Å². The molecule has 0 unspecified atom stereocenters. The molecule has 0 aliphatic rings. The van der Waals surface area contributed by atoms with Gasteiger partial charge in [-0.2, -0.15) is 0 Å². The van der Waals surface area contributed by atoms with Crippen LogP contribution in [0.1, 0.15) is 26.3 Å². The highest BCUT2D eigenvalue weighted by molar-refractivity contribution is 5.73. The number of nitrogens with zero attached hydrogens (tertiary/aromatic N) is 2. The van der Waals surface area contributed by atoms with Crippen LogP contribution < -0.4 is 0 Å². The first kappa shape index (κ1) is 8.23. The van der Waals surface area contributed by atoms with E-state index in [1.54, 1.807) is 6.20 Å². The molecule has 0 atom stereocenters. The summed E-state index contributed by atoms with van der Waals surface area (Å²) < 4.78 is 5.13. The molecule has 0 aromatic carbocycles. The van der Waals surface area contributed by atoms with Gasteiger partial charge in [-0.3, -0.25) is 0 Å². The molecule has 0 aliphatic heterocycles. The third kappa shape index (κ3) is 1.30. The Labute approximate surface area is 76.8 Å². The highest BCUT2D eigenvalue weighted by atomic mass is 16.3. The van der Waals surface area contributed by atoms with Gasteiger partial charge in [-0.05, 0) is 17.0 Å². The normalized spacial score (nSPS) is 12.2. The summed E-state index contributed by atoms with van der Waals surface area (Å²) in [6.07, 6.45) is 3.20. The second kappa shape index (κ2) is 2.55. The standard InChI is InChI=1S/C10H12N2O/c1-10(2,3)7-4-5-11-9-8(7)12-6-13-9/h4-6H,1-3H3. The van der Waals surface area contributed by atoms with Gasteiger partial charge in [0.15, 0.2) is 6.39 Å². The Morgan fingerprint density at radius 2 is 2.00 bits per heavy atom. The Balaban J connectivity index is 2.75. The summed E-state index contributed by atoms with van der Waals surface area (Å²) in [5.74, 6) is 0. The number of rotatable bonds is 0. The maximum Gasteiger partial charge on any atom is 0.246 e. The summed E-state index contributed by atoms with van der Waals surface area (Å²) in [4.78, 5) is 8.24. The van der Waals surface area contributed by atoms with Gasteiger partial charge in [0.05, 0.1) is 0 Å². The molecular weight excluding hydrogens is 164 g/mol. The third-order valence-corrected chi connectivity index (χ3v) is 2.04. The van der Waals surface area contributed by atoms with Crippen molar-refractivity contribution >= 4 is 11.2 Å². The molecule has 3 heteroatoms. The zero-order valence-electron chi connectivity index (χ0n) is 8.03. The Hall–Kier alpha value is -1.38. The highest BCUT2D eigenvalue weighted by Gasteiger charge is 2.18. The van der Waals surface area contributed by atoms with Crippen LogP contribution in [0.25, 0.3) is 11.2 Å². The van der Waals surface area contributed by atoms with Crippen LogP contribution in [0.5, 0.6) is 0 Å². The van der Waals surface area contributed by atoms with Crippen molar-refractivity contribution in [2.45, 2.75) is 26.2 Å². The average molecular weight is 176 g/mol. The van der Waals surface area contributed by atoms with E-state index in [-0.39, 0.29) is 5.41 Å². The first-order valence-corrected chi connectivity index (χ1v) is 4.28. The van der Waals surface area contributed by atoms with Crippen LogP contribution in [-0.4, -0.2) is 9.97 Å². The van der Waals surface area contributed by atoms with E-state index in [1.165, 1.54) is 12.0 Å². The van der Waals surface area contributed by atoms with E-state index in [0.717, 1.165) is 5.52 Å². The molecular formula is C10H12N2O. The van der Waals surface area contributed by atoms with Crippen LogP contribution in [0.3, 0.4) is 0 Å². The lowest BCUT2D eigenvalue weighted by Crippen LogP contribution is -2.11. The minimum absolute atomic E-state index is 0.0814. The zero-order chi connectivity index (χ0) is 9.47. The SMILES string of the molecule is CC(C)(C)c1ccnc2ocnc12. The van der Waals surface area contributed by atoms with Gasteiger partial charge in [0.25, 0.3) is 0 Å². The molecule has 68 valence electrons. The van der Waals surface area contributed by atoms with Crippen LogP contribution in [0.2, 0.25) is 0 Å². The first-order valence-electron chi connectivity index (χ1n) is 4.28. The molecule has 0 aliphatic carbocycles. The monoisotopic (exact) mass is 176 g/mol. The minimum atomic E-state index is 0.0814. The van der Waals surface area contributed by atoms with Gasteiger partial charge in [-0.1, -0.05) is 20.8 Å². The van der Waals surface area contributed by atoms with E-state index >= 15 is 0 Å². The first-order chi connectivity index (χ1) is 6.09. The molecule has 2 heterocycles. The predicted octanol–water partition coefficient (Wildman–Crippen LogP) is 2.52. The molecule has 2 aromatic heterocycles. The zero-order valence-corrected chi connectivity index (χ0v) is 8.03. The number of pyridine rings is 1. The van der Waals surface area contributed by atoms with E-state index in [1.807, 2.05) is 6.07 Å². The van der Waals surface area contributed by atoms with Crippen molar-refractivity contribution in [3.63, 3.8) is 0 Å². The van der Waals surface area contributed by atoms with E-state index < -0.39 is 0 Å². The average Bonchev–Trinajstić information content (AvgIpc) is 2.48. The summed E-state index contributed by atoms with van der Waals surface area (Å²) in [6, 6.07) is 1.99. The van der Waals surface area contributed by atoms with Crippen molar-refractivity contribution < 1.29 is 4.42 Å². The minimum Gasteiger partial charge on any atom is -0.425 e. The fourth-order valence-electron chi connectivity index (χ4n) is 1.38. The molecule has 2 rings (SSSR count). The summed E-state index contributed by atoms with van der Waals surface area (Å²) in [6.45, 7) is 6.45. The van der Waals surface area contributed by atoms with Crippen molar-refractivity contribution in [1.82, 2.24) is 9.97 Å². The van der Waals surface area contributed by atoms with Crippen molar-refractivity contribution in [2.75, 3.05) is 0 Å². The molecule has 2 aromatic rings. The van der Waals surface area contributed by atoms with Crippen molar-refractivity contribution in [3.05, 3.63) is 24.2 Å². The molecule has 0 bridgehead atoms. The van der Waals surface area contributed by atoms with Crippen LogP contribution >= 0.6 is 0 Å². The van der Waals surface area contributed by atoms with Gasteiger partial charge in [0.2, 0.25) is 5.71 Å². The molecule has 0 amide bonds.